The average molecular weight is 384 g/mol. The maximum absolute atomic E-state index is 4.30. The van der Waals surface area contributed by atoms with Gasteiger partial charge in [0.05, 0.1) is 12.6 Å². The van der Waals surface area contributed by atoms with Gasteiger partial charge in [-0.25, -0.2) is 4.68 Å². The number of hydrogen-bond donors (Lipinski definition) is 0. The summed E-state index contributed by atoms with van der Waals surface area (Å²) in [6.45, 7) is 4.72. The first-order valence-electron chi connectivity index (χ1n) is 8.02. The van der Waals surface area contributed by atoms with Crippen molar-refractivity contribution in [3.8, 4) is 0 Å². The van der Waals surface area contributed by atoms with E-state index in [9.17, 15) is 0 Å². The number of tetrazole rings is 1. The minimum Gasteiger partial charge on any atom is -0.284 e. The Labute approximate surface area is 149 Å². The molecule has 0 radical (unpaired) electrons. The Morgan fingerprint density at radius 3 is 2.83 bits per heavy atom. The minimum absolute atomic E-state index is 0.0765. The number of halogens is 1. The molecule has 24 heavy (non-hydrogen) atoms. The summed E-state index contributed by atoms with van der Waals surface area (Å²) in [6, 6.07) is 17.2. The third-order valence-corrected chi connectivity index (χ3v) is 4.89. The van der Waals surface area contributed by atoms with E-state index in [-0.39, 0.29) is 6.04 Å². The van der Waals surface area contributed by atoms with E-state index in [0.717, 1.165) is 29.9 Å². The maximum atomic E-state index is 4.30. The number of aryl methyl sites for hydroxylation is 1. The standard InChI is InChI=1S/C18H18BrN5/c1-13-4-2-6-15(10-13)17-18-20-21-22-24(18)9-8-23(17)12-14-5-3-7-16(19)11-14/h2-7,10-11,17H,8-9,12H2,1H3/t17-/m1/s1. The van der Waals surface area contributed by atoms with Gasteiger partial charge in [0.1, 0.15) is 0 Å². The normalized spacial score (nSPS) is 17.7. The van der Waals surface area contributed by atoms with E-state index in [1.54, 1.807) is 0 Å². The van der Waals surface area contributed by atoms with Gasteiger partial charge in [0, 0.05) is 17.6 Å². The number of benzene rings is 2. The van der Waals surface area contributed by atoms with Gasteiger partial charge in [-0.15, -0.1) is 5.10 Å². The molecule has 122 valence electrons. The van der Waals surface area contributed by atoms with Crippen LogP contribution in [0.1, 0.15) is 28.6 Å². The second-order valence-electron chi connectivity index (χ2n) is 6.18. The Balaban J connectivity index is 1.72. The van der Waals surface area contributed by atoms with Crippen molar-refractivity contribution in [1.29, 1.82) is 0 Å². The molecule has 0 spiro atoms. The van der Waals surface area contributed by atoms with Crippen molar-refractivity contribution >= 4 is 15.9 Å². The summed E-state index contributed by atoms with van der Waals surface area (Å²) in [7, 11) is 0. The van der Waals surface area contributed by atoms with Crippen LogP contribution in [0.5, 0.6) is 0 Å². The van der Waals surface area contributed by atoms with E-state index in [2.05, 4.69) is 91.8 Å². The van der Waals surface area contributed by atoms with Crippen molar-refractivity contribution in [3.63, 3.8) is 0 Å². The van der Waals surface area contributed by atoms with Crippen molar-refractivity contribution in [1.82, 2.24) is 25.1 Å². The van der Waals surface area contributed by atoms with Crippen molar-refractivity contribution in [2.24, 2.45) is 0 Å². The summed E-state index contributed by atoms with van der Waals surface area (Å²) in [6.07, 6.45) is 0. The van der Waals surface area contributed by atoms with Gasteiger partial charge < -0.3 is 0 Å². The molecule has 0 amide bonds. The number of hydrogen-bond acceptors (Lipinski definition) is 4. The molecule has 0 aliphatic carbocycles. The molecule has 4 rings (SSSR count). The largest absolute Gasteiger partial charge is 0.284 e. The highest BCUT2D eigenvalue weighted by molar-refractivity contribution is 9.10. The van der Waals surface area contributed by atoms with E-state index < -0.39 is 0 Å². The van der Waals surface area contributed by atoms with Gasteiger partial charge in [0.15, 0.2) is 5.82 Å². The van der Waals surface area contributed by atoms with Crippen LogP contribution in [0.4, 0.5) is 0 Å². The van der Waals surface area contributed by atoms with E-state index in [4.69, 9.17) is 0 Å². The quantitative estimate of drug-likeness (QED) is 0.695. The van der Waals surface area contributed by atoms with E-state index >= 15 is 0 Å². The Bertz CT molecular complexity index is 860. The summed E-state index contributed by atoms with van der Waals surface area (Å²) >= 11 is 3.56. The lowest BCUT2D eigenvalue weighted by Crippen LogP contribution is -2.39. The molecule has 5 nitrogen and oxygen atoms in total. The van der Waals surface area contributed by atoms with E-state index in [1.807, 2.05) is 4.68 Å². The molecule has 2 heterocycles. The highest BCUT2D eigenvalue weighted by Gasteiger charge is 2.31. The summed E-state index contributed by atoms with van der Waals surface area (Å²) in [5.74, 6) is 0.918. The predicted octanol–water partition coefficient (Wildman–Crippen LogP) is 3.35. The molecule has 6 heteroatoms. The van der Waals surface area contributed by atoms with Gasteiger partial charge in [-0.1, -0.05) is 57.9 Å². The molecule has 1 atom stereocenters. The fourth-order valence-electron chi connectivity index (χ4n) is 3.32. The lowest BCUT2D eigenvalue weighted by atomic mass is 10.00. The van der Waals surface area contributed by atoms with Crippen LogP contribution in [0.25, 0.3) is 0 Å². The molecule has 2 aromatic carbocycles. The zero-order valence-electron chi connectivity index (χ0n) is 13.4. The Morgan fingerprint density at radius 2 is 2.00 bits per heavy atom. The van der Waals surface area contributed by atoms with Gasteiger partial charge in [0.25, 0.3) is 0 Å². The van der Waals surface area contributed by atoms with Gasteiger partial charge in [-0.05, 0) is 40.6 Å². The Morgan fingerprint density at radius 1 is 1.12 bits per heavy atom. The van der Waals surface area contributed by atoms with Crippen LogP contribution in [0.2, 0.25) is 0 Å². The van der Waals surface area contributed by atoms with Crippen molar-refractivity contribution in [3.05, 3.63) is 75.5 Å². The molecule has 1 aromatic heterocycles. The number of rotatable bonds is 3. The average Bonchev–Trinajstić information content (AvgIpc) is 3.03. The van der Waals surface area contributed by atoms with Gasteiger partial charge >= 0.3 is 0 Å². The van der Waals surface area contributed by atoms with Crippen LogP contribution in [0.3, 0.4) is 0 Å². The second kappa shape index (κ2) is 6.45. The van der Waals surface area contributed by atoms with Gasteiger partial charge in [-0.2, -0.15) is 0 Å². The third-order valence-electron chi connectivity index (χ3n) is 4.40. The Hall–Kier alpha value is -2.05. The van der Waals surface area contributed by atoms with E-state index in [1.165, 1.54) is 16.7 Å². The zero-order chi connectivity index (χ0) is 16.5. The highest BCUT2D eigenvalue weighted by Crippen LogP contribution is 2.31. The van der Waals surface area contributed by atoms with Crippen molar-refractivity contribution < 1.29 is 0 Å². The van der Waals surface area contributed by atoms with Crippen LogP contribution in [0, 0.1) is 6.92 Å². The molecule has 0 bridgehead atoms. The lowest BCUT2D eigenvalue weighted by molar-refractivity contribution is 0.164. The van der Waals surface area contributed by atoms with Crippen LogP contribution in [-0.2, 0) is 13.1 Å². The van der Waals surface area contributed by atoms with Crippen molar-refractivity contribution in [2.75, 3.05) is 6.54 Å². The summed E-state index contributed by atoms with van der Waals surface area (Å²) in [5, 5.41) is 12.3. The molecule has 0 unspecified atom stereocenters. The zero-order valence-corrected chi connectivity index (χ0v) is 15.0. The third kappa shape index (κ3) is 2.99. The lowest BCUT2D eigenvalue weighted by Gasteiger charge is -2.35. The van der Waals surface area contributed by atoms with Crippen LogP contribution in [-0.4, -0.2) is 31.7 Å². The van der Waals surface area contributed by atoms with E-state index in [0.29, 0.717) is 0 Å². The summed E-state index contributed by atoms with van der Waals surface area (Å²) in [4.78, 5) is 2.45. The summed E-state index contributed by atoms with van der Waals surface area (Å²) in [5.41, 5.74) is 3.77. The first-order chi connectivity index (χ1) is 11.7. The number of fused-ring (bicyclic) bond motifs is 1. The first-order valence-corrected chi connectivity index (χ1v) is 8.81. The van der Waals surface area contributed by atoms with Gasteiger partial charge in [0.2, 0.25) is 0 Å². The van der Waals surface area contributed by atoms with Crippen LogP contribution < -0.4 is 0 Å². The Kier molecular flexibility index (Phi) is 4.16. The summed E-state index contributed by atoms with van der Waals surface area (Å²) < 4.78 is 3.03. The van der Waals surface area contributed by atoms with Crippen LogP contribution in [0.15, 0.2) is 53.0 Å². The molecular weight excluding hydrogens is 366 g/mol. The van der Waals surface area contributed by atoms with Crippen LogP contribution >= 0.6 is 15.9 Å². The fraction of sp³-hybridized carbons (Fsp3) is 0.278. The molecule has 1 aliphatic rings. The molecule has 0 saturated heterocycles. The fourth-order valence-corrected chi connectivity index (χ4v) is 3.77. The van der Waals surface area contributed by atoms with Crippen molar-refractivity contribution in [2.45, 2.75) is 26.1 Å². The molecule has 0 saturated carbocycles. The predicted molar refractivity (Wildman–Crippen MR) is 95.4 cm³/mol. The SMILES string of the molecule is Cc1cccc([C@@H]2c3nnnn3CCN2Cc2cccc(Br)c2)c1. The molecule has 3 aromatic rings. The number of nitrogens with zero attached hydrogens (tertiary/aromatic N) is 5. The molecule has 0 fully saturated rings. The smallest absolute Gasteiger partial charge is 0.173 e. The second-order valence-corrected chi connectivity index (χ2v) is 7.09. The first kappa shape index (κ1) is 15.5. The van der Waals surface area contributed by atoms with Gasteiger partial charge in [-0.3, -0.25) is 4.90 Å². The molecule has 1 aliphatic heterocycles. The minimum atomic E-state index is 0.0765. The number of aromatic nitrogens is 4. The monoisotopic (exact) mass is 383 g/mol. The highest BCUT2D eigenvalue weighted by atomic mass is 79.9. The molecular formula is C18H18BrN5. The molecule has 0 N–H and O–H groups in total. The topological polar surface area (TPSA) is 46.8 Å². The maximum Gasteiger partial charge on any atom is 0.173 e.